The van der Waals surface area contributed by atoms with Gasteiger partial charge in [0.1, 0.15) is 0 Å². The second-order valence-electron chi connectivity index (χ2n) is 4.49. The van der Waals surface area contributed by atoms with E-state index in [2.05, 4.69) is 64.3 Å². The molecule has 2 atom stereocenters. The van der Waals surface area contributed by atoms with E-state index in [1.165, 1.54) is 12.1 Å². The molecule has 0 aromatic heterocycles. The summed E-state index contributed by atoms with van der Waals surface area (Å²) in [5.74, 6) is 0. The minimum absolute atomic E-state index is 0.573. The fourth-order valence-corrected chi connectivity index (χ4v) is 2.46. The average Bonchev–Trinajstić information content (AvgIpc) is 2.31. The van der Waals surface area contributed by atoms with Crippen molar-refractivity contribution >= 4 is 21.6 Å². The predicted molar refractivity (Wildman–Crippen MR) is 73.0 cm³/mol. The zero-order chi connectivity index (χ0) is 11.5. The third-order valence-corrected chi connectivity index (χ3v) is 3.83. The van der Waals surface area contributed by atoms with Gasteiger partial charge < -0.3 is 10.2 Å². The van der Waals surface area contributed by atoms with Crippen LogP contribution >= 0.6 is 15.9 Å². The van der Waals surface area contributed by atoms with E-state index >= 15 is 0 Å². The number of piperazine rings is 1. The molecule has 16 heavy (non-hydrogen) atoms. The number of halogens is 1. The first kappa shape index (κ1) is 11.9. The van der Waals surface area contributed by atoms with E-state index in [1.54, 1.807) is 0 Å². The second-order valence-corrected chi connectivity index (χ2v) is 5.41. The van der Waals surface area contributed by atoms with Crippen LogP contribution in [0.25, 0.3) is 0 Å². The van der Waals surface area contributed by atoms with Crippen LogP contribution in [0.15, 0.2) is 28.7 Å². The maximum absolute atomic E-state index is 3.58. The highest BCUT2D eigenvalue weighted by Crippen LogP contribution is 2.22. The van der Waals surface area contributed by atoms with E-state index in [-0.39, 0.29) is 0 Å². The fraction of sp³-hybridized carbons (Fsp3) is 0.538. The third-order valence-electron chi connectivity index (χ3n) is 3.30. The normalized spacial score (nSPS) is 25.8. The maximum Gasteiger partial charge on any atom is 0.0387 e. The molecule has 1 N–H and O–H groups in total. The highest BCUT2D eigenvalue weighted by molar-refractivity contribution is 9.10. The first-order valence-electron chi connectivity index (χ1n) is 5.96. The Morgan fingerprint density at radius 1 is 1.38 bits per heavy atom. The van der Waals surface area contributed by atoms with Gasteiger partial charge in [0.15, 0.2) is 0 Å². The molecule has 0 amide bonds. The van der Waals surface area contributed by atoms with E-state index in [0.717, 1.165) is 17.6 Å². The lowest BCUT2D eigenvalue weighted by atomic mass is 10.1. The lowest BCUT2D eigenvalue weighted by molar-refractivity contribution is 0.397. The Morgan fingerprint density at radius 3 is 2.69 bits per heavy atom. The molecule has 1 aliphatic rings. The predicted octanol–water partition coefficient (Wildman–Crippen LogP) is 3.03. The Bertz CT molecular complexity index is 336. The molecule has 0 radical (unpaired) electrons. The Balaban J connectivity index is 2.14. The smallest absolute Gasteiger partial charge is 0.0387 e. The van der Waals surface area contributed by atoms with Crippen LogP contribution in [0.3, 0.4) is 0 Å². The Hall–Kier alpha value is -0.540. The summed E-state index contributed by atoms with van der Waals surface area (Å²) in [6, 6.07) is 9.82. The van der Waals surface area contributed by atoms with Crippen molar-refractivity contribution in [1.82, 2.24) is 5.32 Å². The fourth-order valence-electron chi connectivity index (χ4n) is 2.20. The third kappa shape index (κ3) is 2.58. The summed E-state index contributed by atoms with van der Waals surface area (Å²) in [4.78, 5) is 2.50. The van der Waals surface area contributed by atoms with E-state index in [9.17, 15) is 0 Å². The first-order chi connectivity index (χ1) is 7.70. The minimum atomic E-state index is 0.573. The van der Waals surface area contributed by atoms with Gasteiger partial charge >= 0.3 is 0 Å². The molecule has 0 aliphatic carbocycles. The molecule has 2 nitrogen and oxygen atoms in total. The van der Waals surface area contributed by atoms with Gasteiger partial charge in [-0.2, -0.15) is 0 Å². The molecule has 0 bridgehead atoms. The number of rotatable bonds is 2. The van der Waals surface area contributed by atoms with Gasteiger partial charge in [-0.25, -0.2) is 0 Å². The van der Waals surface area contributed by atoms with Gasteiger partial charge in [-0.05, 0) is 37.6 Å². The van der Waals surface area contributed by atoms with Gasteiger partial charge in [0.2, 0.25) is 0 Å². The van der Waals surface area contributed by atoms with Crippen molar-refractivity contribution in [3.8, 4) is 0 Å². The molecule has 1 saturated heterocycles. The molecule has 1 aromatic carbocycles. The lowest BCUT2D eigenvalue weighted by Crippen LogP contribution is -2.55. The van der Waals surface area contributed by atoms with E-state index in [0.29, 0.717) is 12.1 Å². The van der Waals surface area contributed by atoms with Gasteiger partial charge in [-0.1, -0.05) is 22.9 Å². The maximum atomic E-state index is 3.58. The summed E-state index contributed by atoms with van der Waals surface area (Å²) in [5, 5.41) is 3.58. The van der Waals surface area contributed by atoms with Crippen molar-refractivity contribution in [3.63, 3.8) is 0 Å². The topological polar surface area (TPSA) is 15.3 Å². The molecular formula is C13H19BrN2. The zero-order valence-corrected chi connectivity index (χ0v) is 11.5. The molecule has 2 unspecified atom stereocenters. The Labute approximate surface area is 106 Å². The van der Waals surface area contributed by atoms with Crippen molar-refractivity contribution in [3.05, 3.63) is 28.7 Å². The Morgan fingerprint density at radius 2 is 2.06 bits per heavy atom. The molecule has 2 rings (SSSR count). The minimum Gasteiger partial charge on any atom is -0.366 e. The van der Waals surface area contributed by atoms with Crippen LogP contribution in [0.4, 0.5) is 5.69 Å². The zero-order valence-electron chi connectivity index (χ0n) is 9.91. The lowest BCUT2D eigenvalue weighted by Gasteiger charge is -2.40. The van der Waals surface area contributed by atoms with E-state index in [4.69, 9.17) is 0 Å². The number of hydrogen-bond acceptors (Lipinski definition) is 2. The monoisotopic (exact) mass is 282 g/mol. The number of hydrogen-bond donors (Lipinski definition) is 1. The number of nitrogens with zero attached hydrogens (tertiary/aromatic N) is 1. The van der Waals surface area contributed by atoms with Crippen LogP contribution in [0, 0.1) is 0 Å². The van der Waals surface area contributed by atoms with Crippen LogP contribution < -0.4 is 10.2 Å². The standard InChI is InChI=1S/C13H19BrN2/c1-3-12-9-16(10(2)8-15-12)13-6-4-11(14)5-7-13/h4-7,10,12,15H,3,8-9H2,1-2H3. The van der Waals surface area contributed by atoms with Gasteiger partial charge in [-0.15, -0.1) is 0 Å². The van der Waals surface area contributed by atoms with E-state index < -0.39 is 0 Å². The molecule has 88 valence electrons. The van der Waals surface area contributed by atoms with Crippen molar-refractivity contribution in [2.24, 2.45) is 0 Å². The molecule has 1 fully saturated rings. The van der Waals surface area contributed by atoms with Crippen molar-refractivity contribution in [1.29, 1.82) is 0 Å². The summed E-state index contributed by atoms with van der Waals surface area (Å²) < 4.78 is 1.14. The first-order valence-corrected chi connectivity index (χ1v) is 6.75. The summed E-state index contributed by atoms with van der Waals surface area (Å²) in [6.45, 7) is 6.71. The van der Waals surface area contributed by atoms with E-state index in [1.807, 2.05) is 0 Å². The summed E-state index contributed by atoms with van der Waals surface area (Å²) in [6.07, 6.45) is 1.19. The summed E-state index contributed by atoms with van der Waals surface area (Å²) in [7, 11) is 0. The Kier molecular flexibility index (Phi) is 3.87. The number of anilines is 1. The number of nitrogens with one attached hydrogen (secondary N) is 1. The van der Waals surface area contributed by atoms with Gasteiger partial charge in [0.25, 0.3) is 0 Å². The SMILES string of the molecule is CCC1CN(c2ccc(Br)cc2)C(C)CN1. The van der Waals surface area contributed by atoms with Crippen LogP contribution in [0.5, 0.6) is 0 Å². The molecule has 1 aromatic rings. The molecule has 0 saturated carbocycles. The molecular weight excluding hydrogens is 264 g/mol. The summed E-state index contributed by atoms with van der Waals surface area (Å²) in [5.41, 5.74) is 1.33. The number of benzene rings is 1. The van der Waals surface area contributed by atoms with Crippen molar-refractivity contribution in [2.45, 2.75) is 32.4 Å². The molecule has 1 heterocycles. The van der Waals surface area contributed by atoms with Crippen LogP contribution in [-0.4, -0.2) is 25.2 Å². The average molecular weight is 283 g/mol. The molecule has 0 spiro atoms. The van der Waals surface area contributed by atoms with Crippen molar-refractivity contribution < 1.29 is 0 Å². The molecule has 3 heteroatoms. The van der Waals surface area contributed by atoms with Crippen LogP contribution in [-0.2, 0) is 0 Å². The van der Waals surface area contributed by atoms with Gasteiger partial charge in [-0.3, -0.25) is 0 Å². The summed E-state index contributed by atoms with van der Waals surface area (Å²) >= 11 is 3.48. The molecule has 1 aliphatic heterocycles. The van der Waals surface area contributed by atoms with Crippen LogP contribution in [0.2, 0.25) is 0 Å². The van der Waals surface area contributed by atoms with Crippen molar-refractivity contribution in [2.75, 3.05) is 18.0 Å². The van der Waals surface area contributed by atoms with Gasteiger partial charge in [0, 0.05) is 35.3 Å². The largest absolute Gasteiger partial charge is 0.366 e. The quantitative estimate of drug-likeness (QED) is 0.897. The highest BCUT2D eigenvalue weighted by atomic mass is 79.9. The highest BCUT2D eigenvalue weighted by Gasteiger charge is 2.23. The second kappa shape index (κ2) is 5.19. The van der Waals surface area contributed by atoms with Crippen LogP contribution in [0.1, 0.15) is 20.3 Å². The van der Waals surface area contributed by atoms with Gasteiger partial charge in [0.05, 0.1) is 0 Å².